The molecule has 0 heterocycles. The number of nitrogens with one attached hydrogen (secondary N) is 2. The summed E-state index contributed by atoms with van der Waals surface area (Å²) in [6.45, 7) is 3.54. The summed E-state index contributed by atoms with van der Waals surface area (Å²) in [5.74, 6) is -0.968. The highest BCUT2D eigenvalue weighted by Gasteiger charge is 2.10. The van der Waals surface area contributed by atoms with Gasteiger partial charge in [0.25, 0.3) is 0 Å². The van der Waals surface area contributed by atoms with Gasteiger partial charge in [0.2, 0.25) is 0 Å². The van der Waals surface area contributed by atoms with Gasteiger partial charge >= 0.3 is 12.0 Å². The van der Waals surface area contributed by atoms with Crippen molar-refractivity contribution >= 4 is 12.0 Å². The summed E-state index contributed by atoms with van der Waals surface area (Å²) in [5.41, 5.74) is 5.44. The van der Waals surface area contributed by atoms with E-state index < -0.39 is 12.0 Å². The van der Waals surface area contributed by atoms with Crippen LogP contribution in [-0.4, -0.2) is 36.2 Å². The van der Waals surface area contributed by atoms with Crippen LogP contribution in [0.15, 0.2) is 0 Å². The standard InChI is InChI=1S/C25H51N3O3/c1-2-3-4-5-6-7-8-9-10-11-12-13-14-15-16-18-21-27-25(31)28-22-19-17-20-23(26)24(29)30/h23H,2-22,26H2,1H3,(H,29,30)(H2,27,28,31)/t23-/m0/s1. The van der Waals surface area contributed by atoms with E-state index in [-0.39, 0.29) is 6.03 Å². The van der Waals surface area contributed by atoms with E-state index in [0.29, 0.717) is 25.9 Å². The zero-order valence-electron chi connectivity index (χ0n) is 20.3. The summed E-state index contributed by atoms with van der Waals surface area (Å²) in [4.78, 5) is 22.3. The highest BCUT2D eigenvalue weighted by atomic mass is 16.4. The largest absolute Gasteiger partial charge is 0.480 e. The van der Waals surface area contributed by atoms with Gasteiger partial charge in [-0.3, -0.25) is 4.79 Å². The topological polar surface area (TPSA) is 104 Å². The van der Waals surface area contributed by atoms with Crippen molar-refractivity contribution in [2.24, 2.45) is 5.73 Å². The first-order valence-corrected chi connectivity index (χ1v) is 13.1. The molecule has 2 amide bonds. The maximum atomic E-state index is 11.7. The molecule has 0 saturated carbocycles. The van der Waals surface area contributed by atoms with Gasteiger partial charge in [0.1, 0.15) is 6.04 Å². The molecule has 5 N–H and O–H groups in total. The number of rotatable bonds is 23. The summed E-state index contributed by atoms with van der Waals surface area (Å²) in [5, 5.41) is 14.4. The normalized spacial score (nSPS) is 11.9. The van der Waals surface area contributed by atoms with Gasteiger partial charge < -0.3 is 21.5 Å². The highest BCUT2D eigenvalue weighted by Crippen LogP contribution is 2.13. The van der Waals surface area contributed by atoms with Gasteiger partial charge in [0, 0.05) is 13.1 Å². The Labute approximate surface area is 191 Å². The van der Waals surface area contributed by atoms with Crippen LogP contribution in [0.2, 0.25) is 0 Å². The third-order valence-corrected chi connectivity index (χ3v) is 5.86. The molecule has 0 aromatic rings. The van der Waals surface area contributed by atoms with Crippen molar-refractivity contribution in [1.29, 1.82) is 0 Å². The predicted molar refractivity (Wildman–Crippen MR) is 130 cm³/mol. The molecule has 1 atom stereocenters. The van der Waals surface area contributed by atoms with Gasteiger partial charge in [-0.25, -0.2) is 4.79 Å². The molecule has 0 unspecified atom stereocenters. The second-order valence-electron chi connectivity index (χ2n) is 8.93. The molecule has 0 aromatic carbocycles. The van der Waals surface area contributed by atoms with Gasteiger partial charge in [-0.05, 0) is 25.7 Å². The Morgan fingerprint density at radius 1 is 0.645 bits per heavy atom. The molecule has 0 aromatic heterocycles. The van der Waals surface area contributed by atoms with Crippen LogP contribution < -0.4 is 16.4 Å². The first kappa shape index (κ1) is 29.7. The van der Waals surface area contributed by atoms with E-state index >= 15 is 0 Å². The second-order valence-corrected chi connectivity index (χ2v) is 8.93. The Balaban J connectivity index is 3.19. The zero-order valence-corrected chi connectivity index (χ0v) is 20.3. The number of hydrogen-bond donors (Lipinski definition) is 4. The molecule has 0 saturated heterocycles. The number of carbonyl (C=O) groups excluding carboxylic acids is 1. The fraction of sp³-hybridized carbons (Fsp3) is 0.920. The van der Waals surface area contributed by atoms with Gasteiger partial charge in [-0.2, -0.15) is 0 Å². The molecule has 0 aliphatic heterocycles. The molecule has 0 aliphatic carbocycles. The Bertz CT molecular complexity index is 419. The second kappa shape index (κ2) is 23.4. The van der Waals surface area contributed by atoms with Gasteiger partial charge in [-0.15, -0.1) is 0 Å². The molecule has 6 nitrogen and oxygen atoms in total. The van der Waals surface area contributed by atoms with Crippen LogP contribution in [0.3, 0.4) is 0 Å². The fourth-order valence-corrected chi connectivity index (χ4v) is 3.75. The van der Waals surface area contributed by atoms with Crippen LogP contribution in [0, 0.1) is 0 Å². The van der Waals surface area contributed by atoms with Crippen molar-refractivity contribution in [2.45, 2.75) is 135 Å². The Morgan fingerprint density at radius 2 is 1.00 bits per heavy atom. The molecule has 0 spiro atoms. The minimum Gasteiger partial charge on any atom is -0.480 e. The number of unbranched alkanes of at least 4 members (excludes halogenated alkanes) is 16. The fourth-order valence-electron chi connectivity index (χ4n) is 3.75. The van der Waals surface area contributed by atoms with Crippen molar-refractivity contribution in [3.63, 3.8) is 0 Å². The van der Waals surface area contributed by atoms with Crippen molar-refractivity contribution in [2.75, 3.05) is 13.1 Å². The molecule has 6 heteroatoms. The molecular formula is C25H51N3O3. The molecule has 0 rings (SSSR count). The molecule has 0 radical (unpaired) electrons. The van der Waals surface area contributed by atoms with E-state index in [1.165, 1.54) is 96.3 Å². The third-order valence-electron chi connectivity index (χ3n) is 5.86. The van der Waals surface area contributed by atoms with Crippen molar-refractivity contribution in [1.82, 2.24) is 10.6 Å². The van der Waals surface area contributed by atoms with Crippen LogP contribution >= 0.6 is 0 Å². The summed E-state index contributed by atoms with van der Waals surface area (Å²) in [6.07, 6.45) is 23.4. The number of carboxylic acid groups (broad SMARTS) is 1. The molecule has 0 fully saturated rings. The van der Waals surface area contributed by atoms with Crippen LogP contribution in [0.5, 0.6) is 0 Å². The Morgan fingerprint density at radius 3 is 1.39 bits per heavy atom. The van der Waals surface area contributed by atoms with Gasteiger partial charge in [-0.1, -0.05) is 103 Å². The first-order chi connectivity index (χ1) is 15.1. The number of urea groups is 1. The van der Waals surface area contributed by atoms with Gasteiger partial charge in [0.05, 0.1) is 0 Å². The van der Waals surface area contributed by atoms with Crippen molar-refractivity contribution in [3.8, 4) is 0 Å². The smallest absolute Gasteiger partial charge is 0.320 e. The van der Waals surface area contributed by atoms with Gasteiger partial charge in [0.15, 0.2) is 0 Å². The first-order valence-electron chi connectivity index (χ1n) is 13.1. The average molecular weight is 442 g/mol. The summed E-state index contributed by atoms with van der Waals surface area (Å²) >= 11 is 0. The maximum Gasteiger partial charge on any atom is 0.320 e. The van der Waals surface area contributed by atoms with E-state index in [4.69, 9.17) is 10.8 Å². The van der Waals surface area contributed by atoms with Crippen LogP contribution in [0.1, 0.15) is 129 Å². The average Bonchev–Trinajstić information content (AvgIpc) is 2.75. The number of aliphatic carboxylic acids is 1. The summed E-state index contributed by atoms with van der Waals surface area (Å²) < 4.78 is 0. The van der Waals surface area contributed by atoms with Crippen molar-refractivity contribution < 1.29 is 14.7 Å². The van der Waals surface area contributed by atoms with Crippen molar-refractivity contribution in [3.05, 3.63) is 0 Å². The lowest BCUT2D eigenvalue weighted by Gasteiger charge is -2.08. The van der Waals surface area contributed by atoms with Crippen LogP contribution in [0.4, 0.5) is 4.79 Å². The quantitative estimate of drug-likeness (QED) is 0.143. The van der Waals surface area contributed by atoms with Crippen LogP contribution in [-0.2, 0) is 4.79 Å². The van der Waals surface area contributed by atoms with E-state index in [1.807, 2.05) is 0 Å². The lowest BCUT2D eigenvalue weighted by molar-refractivity contribution is -0.138. The SMILES string of the molecule is CCCCCCCCCCCCCCCCCCNC(=O)NCCCC[C@H](N)C(=O)O. The molecule has 31 heavy (non-hydrogen) atoms. The Hall–Kier alpha value is -1.30. The maximum absolute atomic E-state index is 11.7. The third kappa shape index (κ3) is 23.2. The predicted octanol–water partition coefficient (Wildman–Crippen LogP) is 6.13. The number of nitrogens with two attached hydrogens (primary N) is 1. The zero-order chi connectivity index (χ0) is 23.0. The van der Waals surface area contributed by atoms with E-state index in [1.54, 1.807) is 0 Å². The van der Waals surface area contributed by atoms with E-state index in [9.17, 15) is 9.59 Å². The van der Waals surface area contributed by atoms with Crippen LogP contribution in [0.25, 0.3) is 0 Å². The number of carbonyl (C=O) groups is 2. The molecule has 0 aliphatic rings. The minimum atomic E-state index is -0.968. The summed E-state index contributed by atoms with van der Waals surface area (Å²) in [6, 6.07) is -0.938. The molecule has 184 valence electrons. The van der Waals surface area contributed by atoms with E-state index in [2.05, 4.69) is 17.6 Å². The lowest BCUT2D eigenvalue weighted by atomic mass is 10.0. The number of carboxylic acids is 1. The monoisotopic (exact) mass is 441 g/mol. The molecular weight excluding hydrogens is 390 g/mol. The van der Waals surface area contributed by atoms with E-state index in [0.717, 1.165) is 12.8 Å². The number of hydrogen-bond acceptors (Lipinski definition) is 3. The highest BCUT2D eigenvalue weighted by molar-refractivity contribution is 5.73. The molecule has 0 bridgehead atoms. The Kier molecular flexibility index (Phi) is 22.4. The lowest BCUT2D eigenvalue weighted by Crippen LogP contribution is -2.36. The summed E-state index contributed by atoms with van der Waals surface area (Å²) in [7, 11) is 0. The number of amides is 2. The minimum absolute atomic E-state index is 0.136.